The van der Waals surface area contributed by atoms with Crippen LogP contribution in [0.4, 0.5) is 0 Å². The number of benzene rings is 3. The maximum Gasteiger partial charge on any atom is 0.218 e. The molecular weight excluding hydrogens is 420 g/mol. The maximum atomic E-state index is 10.2. The summed E-state index contributed by atoms with van der Waals surface area (Å²) in [5.41, 5.74) is 3.19. The molecule has 0 aliphatic heterocycles. The van der Waals surface area contributed by atoms with E-state index in [2.05, 4.69) is 41.6 Å². The van der Waals surface area contributed by atoms with Gasteiger partial charge >= 0.3 is 0 Å². The Morgan fingerprint density at radius 3 is 2.10 bits per heavy atom. The number of rotatable bonds is 6. The highest BCUT2D eigenvalue weighted by molar-refractivity contribution is 7.95. The number of hydrogen-bond acceptors (Lipinski definition) is 5. The maximum absolute atomic E-state index is 10.2. The van der Waals surface area contributed by atoms with Crippen LogP contribution >= 0.6 is 0 Å². The Morgan fingerprint density at radius 2 is 1.57 bits per heavy atom. The Kier molecular flexibility index (Phi) is 8.92. The topological polar surface area (TPSA) is 86.7 Å². The quantitative estimate of drug-likeness (QED) is 0.336. The van der Waals surface area contributed by atoms with Crippen LogP contribution in [-0.4, -0.2) is 24.3 Å². The summed E-state index contributed by atoms with van der Waals surface area (Å²) in [6.07, 6.45) is 1.52. The SMILES string of the molecule is CC(OS(=O)(=O)[O-])c1ccccc1.Cc1cc(O)ccc1[S+](C)Cc1ccccc1. The summed E-state index contributed by atoms with van der Waals surface area (Å²) in [4.78, 5) is 1.34. The zero-order chi connectivity index (χ0) is 22.1. The number of aryl methyl sites for hydroxylation is 1. The normalized spacial score (nSPS) is 13.1. The lowest BCUT2D eigenvalue weighted by molar-refractivity contribution is 0.196. The molecule has 0 saturated carbocycles. The van der Waals surface area contributed by atoms with Gasteiger partial charge in [0.15, 0.2) is 4.90 Å². The molecule has 0 bridgehead atoms. The summed E-state index contributed by atoms with van der Waals surface area (Å²) >= 11 is 0. The first-order valence-electron chi connectivity index (χ1n) is 9.31. The van der Waals surface area contributed by atoms with E-state index in [0.717, 1.165) is 5.75 Å². The summed E-state index contributed by atoms with van der Waals surface area (Å²) < 4.78 is 35.0. The minimum absolute atomic E-state index is 0.185. The lowest BCUT2D eigenvalue weighted by Crippen LogP contribution is -2.08. The molecule has 5 nitrogen and oxygen atoms in total. The molecule has 0 heterocycles. The van der Waals surface area contributed by atoms with E-state index in [1.54, 1.807) is 36.4 Å². The van der Waals surface area contributed by atoms with Gasteiger partial charge in [-0.15, -0.1) is 0 Å². The third kappa shape index (κ3) is 8.20. The summed E-state index contributed by atoms with van der Waals surface area (Å²) in [5, 5.41) is 9.41. The summed E-state index contributed by atoms with van der Waals surface area (Å²) in [5.74, 6) is 1.41. The molecule has 0 saturated heterocycles. The van der Waals surface area contributed by atoms with Crippen molar-refractivity contribution in [3.63, 3.8) is 0 Å². The highest BCUT2D eigenvalue weighted by atomic mass is 32.3. The van der Waals surface area contributed by atoms with Crippen molar-refractivity contribution in [3.05, 3.63) is 95.6 Å². The van der Waals surface area contributed by atoms with Crippen LogP contribution in [0, 0.1) is 6.92 Å². The fourth-order valence-corrected chi connectivity index (χ4v) is 5.10. The molecular formula is C23H26O5S2. The first-order chi connectivity index (χ1) is 14.2. The van der Waals surface area contributed by atoms with Crippen molar-refractivity contribution in [2.45, 2.75) is 30.6 Å². The Hall–Kier alpha value is -2.32. The predicted molar refractivity (Wildman–Crippen MR) is 120 cm³/mol. The van der Waals surface area contributed by atoms with E-state index in [1.165, 1.54) is 22.9 Å². The van der Waals surface area contributed by atoms with E-state index >= 15 is 0 Å². The Bertz CT molecular complexity index is 1020. The second-order valence-electron chi connectivity index (χ2n) is 6.77. The largest absolute Gasteiger partial charge is 0.726 e. The van der Waals surface area contributed by atoms with E-state index in [-0.39, 0.29) is 10.9 Å². The fourth-order valence-electron chi connectivity index (χ4n) is 2.88. The van der Waals surface area contributed by atoms with Crippen LogP contribution in [0.5, 0.6) is 5.75 Å². The lowest BCUT2D eigenvalue weighted by atomic mass is 10.1. The second kappa shape index (κ2) is 11.2. The van der Waals surface area contributed by atoms with Gasteiger partial charge in [-0.25, -0.2) is 8.42 Å². The van der Waals surface area contributed by atoms with Crippen molar-refractivity contribution < 1.29 is 22.3 Å². The third-order valence-corrected chi connectivity index (χ3v) is 6.79. The van der Waals surface area contributed by atoms with E-state index < -0.39 is 16.5 Å². The van der Waals surface area contributed by atoms with Gasteiger partial charge in [0, 0.05) is 22.0 Å². The highest BCUT2D eigenvalue weighted by Crippen LogP contribution is 2.23. The molecule has 7 heteroatoms. The Labute approximate surface area is 181 Å². The van der Waals surface area contributed by atoms with Crippen molar-refractivity contribution in [2.24, 2.45) is 0 Å². The van der Waals surface area contributed by atoms with Crippen molar-refractivity contribution in [1.29, 1.82) is 0 Å². The van der Waals surface area contributed by atoms with Gasteiger partial charge in [0.1, 0.15) is 17.8 Å². The van der Waals surface area contributed by atoms with Crippen molar-refractivity contribution in [2.75, 3.05) is 6.26 Å². The molecule has 1 N–H and O–H groups in total. The number of phenolic OH excluding ortho intramolecular Hbond substituents is 1. The summed E-state index contributed by atoms with van der Waals surface area (Å²) in [6, 6.07) is 24.8. The molecule has 3 aromatic carbocycles. The molecule has 3 aromatic rings. The van der Waals surface area contributed by atoms with Crippen LogP contribution in [0.25, 0.3) is 0 Å². The smallest absolute Gasteiger partial charge is 0.218 e. The predicted octanol–water partition coefficient (Wildman–Crippen LogP) is 4.73. The van der Waals surface area contributed by atoms with Gasteiger partial charge in [0.25, 0.3) is 0 Å². The first kappa shape index (κ1) is 24.0. The molecule has 0 aliphatic rings. The van der Waals surface area contributed by atoms with E-state index in [4.69, 9.17) is 0 Å². The van der Waals surface area contributed by atoms with Crippen molar-refractivity contribution in [3.8, 4) is 5.75 Å². The number of hydrogen-bond donors (Lipinski definition) is 1. The van der Waals surface area contributed by atoms with Gasteiger partial charge in [-0.1, -0.05) is 60.7 Å². The van der Waals surface area contributed by atoms with Gasteiger partial charge in [-0.05, 0) is 37.6 Å². The Morgan fingerprint density at radius 1 is 1.00 bits per heavy atom. The zero-order valence-corrected chi connectivity index (χ0v) is 18.8. The van der Waals surface area contributed by atoms with Gasteiger partial charge in [-0.3, -0.25) is 4.18 Å². The van der Waals surface area contributed by atoms with Gasteiger partial charge < -0.3 is 9.66 Å². The van der Waals surface area contributed by atoms with Gasteiger partial charge in [-0.2, -0.15) is 0 Å². The number of phenols is 1. The minimum Gasteiger partial charge on any atom is -0.726 e. The second-order valence-corrected chi connectivity index (χ2v) is 9.79. The van der Waals surface area contributed by atoms with Crippen molar-refractivity contribution >= 4 is 21.3 Å². The van der Waals surface area contributed by atoms with Crippen LogP contribution in [0.3, 0.4) is 0 Å². The molecule has 0 spiro atoms. The van der Waals surface area contributed by atoms with E-state index in [0.29, 0.717) is 11.3 Å². The molecule has 3 rings (SSSR count). The highest BCUT2D eigenvalue weighted by Gasteiger charge is 2.18. The van der Waals surface area contributed by atoms with E-state index in [1.807, 2.05) is 18.2 Å². The van der Waals surface area contributed by atoms with Crippen LogP contribution in [-0.2, 0) is 31.2 Å². The van der Waals surface area contributed by atoms with Gasteiger partial charge in [0.2, 0.25) is 10.4 Å². The van der Waals surface area contributed by atoms with Crippen LogP contribution in [0.1, 0.15) is 29.7 Å². The number of aromatic hydroxyl groups is 1. The molecule has 0 fully saturated rings. The molecule has 0 aromatic heterocycles. The molecule has 2 unspecified atom stereocenters. The molecule has 2 atom stereocenters. The third-order valence-electron chi connectivity index (χ3n) is 4.29. The van der Waals surface area contributed by atoms with E-state index in [9.17, 15) is 18.1 Å². The standard InChI is InChI=1S/C15H16OS.C8H10O4S/c1-12-10-14(16)8-9-15(12)17(2)11-13-6-4-3-5-7-13;1-7(12-13(9,10)11)8-5-3-2-4-6-8/h3-10H,11H2,1-2H3;2-7H,1H3,(H,9,10,11). The summed E-state index contributed by atoms with van der Waals surface area (Å²) in [7, 11) is -4.44. The molecule has 0 radical (unpaired) electrons. The average molecular weight is 447 g/mol. The first-order valence-corrected chi connectivity index (χ1v) is 12.4. The minimum atomic E-state index is -4.62. The van der Waals surface area contributed by atoms with Gasteiger partial charge in [0.05, 0.1) is 6.10 Å². The molecule has 0 amide bonds. The lowest BCUT2D eigenvalue weighted by Gasteiger charge is -2.14. The average Bonchev–Trinajstić information content (AvgIpc) is 2.68. The van der Waals surface area contributed by atoms with Crippen LogP contribution in [0.2, 0.25) is 0 Å². The zero-order valence-electron chi connectivity index (χ0n) is 17.2. The summed E-state index contributed by atoms with van der Waals surface area (Å²) in [6.45, 7) is 3.56. The monoisotopic (exact) mass is 446 g/mol. The van der Waals surface area contributed by atoms with Crippen LogP contribution in [0.15, 0.2) is 83.8 Å². The molecule has 30 heavy (non-hydrogen) atoms. The van der Waals surface area contributed by atoms with Crippen LogP contribution < -0.4 is 0 Å². The van der Waals surface area contributed by atoms with Crippen molar-refractivity contribution in [1.82, 2.24) is 0 Å². The molecule has 160 valence electrons. The Balaban J connectivity index is 0.000000222. The fraction of sp³-hybridized carbons (Fsp3) is 0.217. The molecule has 0 aliphatic carbocycles.